The van der Waals surface area contributed by atoms with Crippen LogP contribution in [0, 0.1) is 7.14 Å². The Morgan fingerprint density at radius 3 is 1.67 bits per heavy atom. The average Bonchev–Trinajstić information content (AvgIpc) is 2.34. The zero-order valence-electron chi connectivity index (χ0n) is 11.0. The SMILES string of the molecule is CCCCOc1cc(OCCCC)c(I)cc1I. The van der Waals surface area contributed by atoms with Gasteiger partial charge < -0.3 is 9.47 Å². The molecule has 0 saturated heterocycles. The Morgan fingerprint density at radius 2 is 1.28 bits per heavy atom. The third-order valence-corrected chi connectivity index (χ3v) is 4.18. The molecule has 0 aromatic heterocycles. The standard InChI is InChI=1S/C14H20I2O2/c1-3-5-7-17-13-10-14(18-8-6-4-2)12(16)9-11(13)15/h9-10H,3-8H2,1-2H3. The molecule has 0 N–H and O–H groups in total. The van der Waals surface area contributed by atoms with Gasteiger partial charge in [0.15, 0.2) is 0 Å². The molecule has 0 heterocycles. The van der Waals surface area contributed by atoms with Crippen molar-refractivity contribution in [2.45, 2.75) is 39.5 Å². The van der Waals surface area contributed by atoms with Crippen LogP contribution in [0.5, 0.6) is 11.5 Å². The van der Waals surface area contributed by atoms with E-state index in [-0.39, 0.29) is 0 Å². The van der Waals surface area contributed by atoms with Crippen molar-refractivity contribution in [2.75, 3.05) is 13.2 Å². The second kappa shape index (κ2) is 9.23. The summed E-state index contributed by atoms with van der Waals surface area (Å²) in [6.45, 7) is 5.89. The third kappa shape index (κ3) is 5.50. The Balaban J connectivity index is 2.68. The van der Waals surface area contributed by atoms with Crippen molar-refractivity contribution in [3.63, 3.8) is 0 Å². The zero-order chi connectivity index (χ0) is 13.4. The molecule has 0 spiro atoms. The van der Waals surface area contributed by atoms with E-state index in [9.17, 15) is 0 Å². The summed E-state index contributed by atoms with van der Waals surface area (Å²) in [6, 6.07) is 4.14. The van der Waals surface area contributed by atoms with Crippen LogP contribution in [0.3, 0.4) is 0 Å². The predicted molar refractivity (Wildman–Crippen MR) is 92.7 cm³/mol. The second-order valence-electron chi connectivity index (χ2n) is 4.12. The fourth-order valence-electron chi connectivity index (χ4n) is 1.38. The molecule has 0 fully saturated rings. The Labute approximate surface area is 137 Å². The second-order valence-corrected chi connectivity index (χ2v) is 6.44. The number of benzene rings is 1. The van der Waals surface area contributed by atoms with Gasteiger partial charge in [-0.1, -0.05) is 26.7 Å². The normalized spacial score (nSPS) is 10.4. The van der Waals surface area contributed by atoms with Crippen molar-refractivity contribution >= 4 is 45.2 Å². The van der Waals surface area contributed by atoms with Gasteiger partial charge in [0.2, 0.25) is 0 Å². The summed E-state index contributed by atoms with van der Waals surface area (Å²) in [5.41, 5.74) is 0. The first kappa shape index (κ1) is 16.3. The molecule has 4 heteroatoms. The van der Waals surface area contributed by atoms with Gasteiger partial charge in [0.05, 0.1) is 20.4 Å². The van der Waals surface area contributed by atoms with E-state index in [0.717, 1.165) is 57.5 Å². The molecular weight excluding hydrogens is 454 g/mol. The fourth-order valence-corrected chi connectivity index (χ4v) is 3.23. The molecule has 0 saturated carbocycles. The minimum atomic E-state index is 0.779. The van der Waals surface area contributed by atoms with Gasteiger partial charge in [0.25, 0.3) is 0 Å². The molecule has 2 nitrogen and oxygen atoms in total. The van der Waals surface area contributed by atoms with Gasteiger partial charge in [-0.05, 0) is 64.1 Å². The van der Waals surface area contributed by atoms with Crippen LogP contribution >= 0.6 is 45.2 Å². The highest BCUT2D eigenvalue weighted by molar-refractivity contribution is 14.1. The predicted octanol–water partition coefficient (Wildman–Crippen LogP) is 5.25. The Kier molecular flexibility index (Phi) is 8.37. The Hall–Kier alpha value is 0.280. The van der Waals surface area contributed by atoms with Gasteiger partial charge in [-0.15, -0.1) is 0 Å². The van der Waals surface area contributed by atoms with Crippen LogP contribution in [0.25, 0.3) is 0 Å². The Morgan fingerprint density at radius 1 is 0.833 bits per heavy atom. The minimum absolute atomic E-state index is 0.779. The van der Waals surface area contributed by atoms with Crippen LogP contribution < -0.4 is 9.47 Å². The maximum atomic E-state index is 5.79. The molecule has 0 aliphatic rings. The fraction of sp³-hybridized carbons (Fsp3) is 0.571. The summed E-state index contributed by atoms with van der Waals surface area (Å²) in [6.07, 6.45) is 4.49. The lowest BCUT2D eigenvalue weighted by molar-refractivity contribution is 0.291. The third-order valence-electron chi connectivity index (χ3n) is 2.50. The van der Waals surface area contributed by atoms with Crippen molar-refractivity contribution in [2.24, 2.45) is 0 Å². The molecule has 102 valence electrons. The van der Waals surface area contributed by atoms with Crippen LogP contribution in [0.2, 0.25) is 0 Å². The van der Waals surface area contributed by atoms with E-state index in [4.69, 9.17) is 9.47 Å². The number of hydrogen-bond donors (Lipinski definition) is 0. The lowest BCUT2D eigenvalue weighted by Crippen LogP contribution is -2.02. The zero-order valence-corrected chi connectivity index (χ0v) is 15.3. The summed E-state index contributed by atoms with van der Waals surface area (Å²) in [5, 5.41) is 0. The van der Waals surface area contributed by atoms with E-state index >= 15 is 0 Å². The molecule has 0 atom stereocenters. The summed E-state index contributed by atoms with van der Waals surface area (Å²) in [7, 11) is 0. The van der Waals surface area contributed by atoms with E-state index in [2.05, 4.69) is 65.1 Å². The summed E-state index contributed by atoms with van der Waals surface area (Å²) in [5.74, 6) is 1.88. The molecule has 0 aliphatic heterocycles. The average molecular weight is 474 g/mol. The monoisotopic (exact) mass is 474 g/mol. The van der Waals surface area contributed by atoms with E-state index in [1.165, 1.54) is 0 Å². The molecule has 0 aliphatic carbocycles. The van der Waals surface area contributed by atoms with E-state index in [1.807, 2.05) is 6.07 Å². The van der Waals surface area contributed by atoms with Crippen molar-refractivity contribution in [3.8, 4) is 11.5 Å². The molecule has 0 amide bonds. The summed E-state index contributed by atoms with van der Waals surface area (Å²) < 4.78 is 13.9. The van der Waals surface area contributed by atoms with Crippen LogP contribution in [-0.4, -0.2) is 13.2 Å². The first-order valence-corrected chi connectivity index (χ1v) is 8.59. The molecular formula is C14H20I2O2. The first-order chi connectivity index (χ1) is 8.69. The Bertz CT molecular complexity index is 336. The van der Waals surface area contributed by atoms with Crippen molar-refractivity contribution in [1.29, 1.82) is 0 Å². The first-order valence-electron chi connectivity index (χ1n) is 6.43. The number of ether oxygens (including phenoxy) is 2. The van der Waals surface area contributed by atoms with Crippen molar-refractivity contribution < 1.29 is 9.47 Å². The lowest BCUT2D eigenvalue weighted by Gasteiger charge is -2.12. The van der Waals surface area contributed by atoms with Crippen molar-refractivity contribution in [3.05, 3.63) is 19.3 Å². The van der Waals surface area contributed by atoms with Gasteiger partial charge in [-0.3, -0.25) is 0 Å². The smallest absolute Gasteiger partial charge is 0.136 e. The highest BCUT2D eigenvalue weighted by Crippen LogP contribution is 2.31. The lowest BCUT2D eigenvalue weighted by atomic mass is 10.3. The highest BCUT2D eigenvalue weighted by Gasteiger charge is 2.08. The van der Waals surface area contributed by atoms with Crippen molar-refractivity contribution in [1.82, 2.24) is 0 Å². The number of unbranched alkanes of at least 4 members (excludes halogenated alkanes) is 2. The van der Waals surface area contributed by atoms with Crippen LogP contribution in [0.4, 0.5) is 0 Å². The number of halogens is 2. The van der Waals surface area contributed by atoms with Gasteiger partial charge in [0.1, 0.15) is 11.5 Å². The van der Waals surface area contributed by atoms with Crippen LogP contribution in [0.15, 0.2) is 12.1 Å². The maximum Gasteiger partial charge on any atom is 0.136 e. The maximum absolute atomic E-state index is 5.79. The molecule has 0 radical (unpaired) electrons. The van der Waals surface area contributed by atoms with E-state index in [0.29, 0.717) is 0 Å². The number of hydrogen-bond acceptors (Lipinski definition) is 2. The topological polar surface area (TPSA) is 18.5 Å². The van der Waals surface area contributed by atoms with Crippen LogP contribution in [-0.2, 0) is 0 Å². The van der Waals surface area contributed by atoms with Gasteiger partial charge >= 0.3 is 0 Å². The summed E-state index contributed by atoms with van der Waals surface area (Å²) in [4.78, 5) is 0. The minimum Gasteiger partial charge on any atom is -0.492 e. The van der Waals surface area contributed by atoms with Gasteiger partial charge in [-0.2, -0.15) is 0 Å². The van der Waals surface area contributed by atoms with Gasteiger partial charge in [0, 0.05) is 6.07 Å². The molecule has 1 rings (SSSR count). The molecule has 0 bridgehead atoms. The number of rotatable bonds is 8. The van der Waals surface area contributed by atoms with Crippen LogP contribution in [0.1, 0.15) is 39.5 Å². The highest BCUT2D eigenvalue weighted by atomic mass is 127. The van der Waals surface area contributed by atoms with E-state index in [1.54, 1.807) is 0 Å². The van der Waals surface area contributed by atoms with E-state index < -0.39 is 0 Å². The molecule has 1 aromatic rings. The largest absolute Gasteiger partial charge is 0.492 e. The quantitative estimate of drug-likeness (QED) is 0.379. The van der Waals surface area contributed by atoms with Gasteiger partial charge in [-0.25, -0.2) is 0 Å². The summed E-state index contributed by atoms with van der Waals surface area (Å²) >= 11 is 4.63. The molecule has 18 heavy (non-hydrogen) atoms. The molecule has 1 aromatic carbocycles. The molecule has 0 unspecified atom stereocenters.